The highest BCUT2D eigenvalue weighted by atomic mass is 16.5. The summed E-state index contributed by atoms with van der Waals surface area (Å²) in [4.78, 5) is 48.7. The summed E-state index contributed by atoms with van der Waals surface area (Å²) in [7, 11) is 4.51. The number of carbonyl (C=O) groups is 4. The maximum Gasteiger partial charge on any atom is 0.309 e. The van der Waals surface area contributed by atoms with E-state index in [-0.39, 0.29) is 42.3 Å². The van der Waals surface area contributed by atoms with Crippen LogP contribution in [0.25, 0.3) is 0 Å². The maximum absolute atomic E-state index is 12.8. The van der Waals surface area contributed by atoms with Gasteiger partial charge in [0.05, 0.1) is 32.5 Å². The minimum absolute atomic E-state index is 0.0901. The highest BCUT2D eigenvalue weighted by Crippen LogP contribution is 2.58. The van der Waals surface area contributed by atoms with Crippen LogP contribution in [-0.2, 0) is 35.1 Å². The number of ether oxygens (including phenoxy) is 2. The first-order chi connectivity index (χ1) is 15.8. The molecule has 1 aliphatic carbocycles. The Bertz CT molecular complexity index is 1000. The van der Waals surface area contributed by atoms with Crippen LogP contribution in [-0.4, -0.2) is 44.8 Å². The van der Waals surface area contributed by atoms with Gasteiger partial charge in [0, 0.05) is 31.0 Å². The summed E-state index contributed by atoms with van der Waals surface area (Å²) in [6.07, 6.45) is 0.0685. The Balaban J connectivity index is 1.92. The lowest BCUT2D eigenvalue weighted by molar-refractivity contribution is -0.164. The van der Waals surface area contributed by atoms with Crippen LogP contribution in [0.15, 0.2) is 48.5 Å². The molecule has 1 saturated carbocycles. The fourth-order valence-corrected chi connectivity index (χ4v) is 4.73. The van der Waals surface area contributed by atoms with Gasteiger partial charge in [0.25, 0.3) is 0 Å². The minimum atomic E-state index is -0.551. The molecule has 2 aromatic rings. The Hall–Kier alpha value is -3.48. The molecule has 0 spiro atoms. The largest absolute Gasteiger partial charge is 0.469 e. The van der Waals surface area contributed by atoms with Crippen molar-refractivity contribution in [3.8, 4) is 0 Å². The van der Waals surface area contributed by atoms with Crippen LogP contribution >= 0.6 is 0 Å². The summed E-state index contributed by atoms with van der Waals surface area (Å²) in [5.74, 6) is -2.98. The van der Waals surface area contributed by atoms with Crippen LogP contribution in [0.5, 0.6) is 0 Å². The van der Waals surface area contributed by atoms with E-state index in [0.29, 0.717) is 0 Å². The minimum Gasteiger partial charge on any atom is -0.469 e. The molecule has 7 nitrogen and oxygen atoms in total. The molecule has 0 heterocycles. The second-order valence-corrected chi connectivity index (χ2v) is 8.36. The lowest BCUT2D eigenvalue weighted by Gasteiger charge is -2.49. The fourth-order valence-electron chi connectivity index (χ4n) is 4.73. The van der Waals surface area contributed by atoms with Gasteiger partial charge in [-0.3, -0.25) is 19.2 Å². The SMILES string of the molecule is CNc1ccc(C2C(C(=O)OC)C(c3ccc(CC(=O)CC(C)=O)cc3)C2C(=O)OC)cc1. The predicted octanol–water partition coefficient (Wildman–Crippen LogP) is 3.28. The number of Topliss-reactive ketones (excluding diaryl/α,β-unsaturated/α-hetero) is 2. The topological polar surface area (TPSA) is 98.8 Å². The Morgan fingerprint density at radius 1 is 0.788 bits per heavy atom. The number of esters is 2. The summed E-state index contributed by atoms with van der Waals surface area (Å²) in [6, 6.07) is 14.9. The highest BCUT2D eigenvalue weighted by Gasteiger charge is 2.59. The van der Waals surface area contributed by atoms with Gasteiger partial charge >= 0.3 is 11.9 Å². The second-order valence-electron chi connectivity index (χ2n) is 8.36. The fraction of sp³-hybridized carbons (Fsp3) is 0.385. The molecule has 0 saturated heterocycles. The van der Waals surface area contributed by atoms with Gasteiger partial charge in [-0.05, 0) is 35.7 Å². The van der Waals surface area contributed by atoms with Crippen LogP contribution in [0.4, 0.5) is 5.69 Å². The van der Waals surface area contributed by atoms with Crippen molar-refractivity contribution in [1.29, 1.82) is 0 Å². The summed E-state index contributed by atoms with van der Waals surface area (Å²) < 4.78 is 10.2. The van der Waals surface area contributed by atoms with Crippen molar-refractivity contribution >= 4 is 29.2 Å². The first kappa shape index (κ1) is 24.2. The molecule has 7 heteroatoms. The molecule has 2 atom stereocenters. The standard InChI is InChI=1S/C26H29NO6/c1-15(28)13-20(29)14-16-5-7-17(8-6-16)21-23(25(30)32-3)22(24(21)26(31)33-4)18-9-11-19(27-2)12-10-18/h5-12,21-24,27H,13-14H2,1-4H3. The molecule has 0 radical (unpaired) electrons. The number of methoxy groups -OCH3 is 2. The van der Waals surface area contributed by atoms with Crippen LogP contribution in [0.1, 0.15) is 41.9 Å². The maximum atomic E-state index is 12.8. The van der Waals surface area contributed by atoms with E-state index in [4.69, 9.17) is 9.47 Å². The molecule has 1 aliphatic rings. The van der Waals surface area contributed by atoms with Crippen molar-refractivity contribution in [2.24, 2.45) is 11.8 Å². The Kier molecular flexibility index (Phi) is 7.63. The number of ketones is 2. The van der Waals surface area contributed by atoms with Crippen LogP contribution in [0.2, 0.25) is 0 Å². The third-order valence-corrected chi connectivity index (χ3v) is 6.29. The van der Waals surface area contributed by atoms with Crippen LogP contribution < -0.4 is 5.32 Å². The van der Waals surface area contributed by atoms with Crippen LogP contribution in [0, 0.1) is 11.8 Å². The Labute approximate surface area is 193 Å². The van der Waals surface area contributed by atoms with Gasteiger partial charge in [0.2, 0.25) is 0 Å². The molecule has 0 bridgehead atoms. The number of nitrogens with one attached hydrogen (secondary N) is 1. The van der Waals surface area contributed by atoms with Gasteiger partial charge in [-0.2, -0.15) is 0 Å². The molecule has 0 amide bonds. The molecule has 0 aliphatic heterocycles. The summed E-state index contributed by atoms with van der Waals surface area (Å²) in [6.45, 7) is 1.39. The zero-order chi connectivity index (χ0) is 24.1. The van der Waals surface area contributed by atoms with Gasteiger partial charge < -0.3 is 14.8 Å². The molecule has 2 unspecified atom stereocenters. The van der Waals surface area contributed by atoms with Crippen molar-refractivity contribution < 1.29 is 28.7 Å². The van der Waals surface area contributed by atoms with E-state index in [0.717, 1.165) is 22.4 Å². The first-order valence-electron chi connectivity index (χ1n) is 10.8. The molecular weight excluding hydrogens is 422 g/mol. The van der Waals surface area contributed by atoms with Crippen molar-refractivity contribution in [2.75, 3.05) is 26.6 Å². The number of benzene rings is 2. The van der Waals surface area contributed by atoms with Crippen LogP contribution in [0.3, 0.4) is 0 Å². The summed E-state index contributed by atoms with van der Waals surface area (Å²) in [5, 5.41) is 3.06. The average molecular weight is 452 g/mol. The monoisotopic (exact) mass is 451 g/mol. The van der Waals surface area contributed by atoms with Crippen molar-refractivity contribution in [2.45, 2.75) is 31.6 Å². The molecule has 3 rings (SSSR count). The van der Waals surface area contributed by atoms with E-state index in [1.807, 2.05) is 43.4 Å². The number of carbonyl (C=O) groups excluding carboxylic acids is 4. The van der Waals surface area contributed by atoms with E-state index < -0.39 is 17.8 Å². The lowest BCUT2D eigenvalue weighted by Crippen LogP contribution is -2.51. The molecule has 174 valence electrons. The van der Waals surface area contributed by atoms with Crippen molar-refractivity contribution in [3.63, 3.8) is 0 Å². The molecular formula is C26H29NO6. The zero-order valence-corrected chi connectivity index (χ0v) is 19.3. The number of rotatable bonds is 9. The van der Waals surface area contributed by atoms with E-state index >= 15 is 0 Å². The Morgan fingerprint density at radius 2 is 1.24 bits per heavy atom. The third-order valence-electron chi connectivity index (χ3n) is 6.29. The van der Waals surface area contributed by atoms with Gasteiger partial charge in [-0.1, -0.05) is 36.4 Å². The van der Waals surface area contributed by atoms with E-state index in [9.17, 15) is 19.2 Å². The third kappa shape index (κ3) is 5.13. The van der Waals surface area contributed by atoms with Gasteiger partial charge in [0.1, 0.15) is 11.6 Å². The summed E-state index contributed by atoms with van der Waals surface area (Å²) >= 11 is 0. The van der Waals surface area contributed by atoms with E-state index in [2.05, 4.69) is 5.32 Å². The van der Waals surface area contributed by atoms with Gasteiger partial charge in [-0.25, -0.2) is 0 Å². The van der Waals surface area contributed by atoms with E-state index in [1.165, 1.54) is 21.1 Å². The molecule has 0 aromatic heterocycles. The summed E-state index contributed by atoms with van der Waals surface area (Å²) in [5.41, 5.74) is 3.36. The number of anilines is 1. The zero-order valence-electron chi connectivity index (χ0n) is 19.3. The van der Waals surface area contributed by atoms with Crippen molar-refractivity contribution in [1.82, 2.24) is 0 Å². The first-order valence-corrected chi connectivity index (χ1v) is 10.8. The normalized spacial score (nSPS) is 21.5. The molecule has 1 fully saturated rings. The number of hydrogen-bond acceptors (Lipinski definition) is 7. The second kappa shape index (κ2) is 10.4. The highest BCUT2D eigenvalue weighted by molar-refractivity contribution is 5.98. The predicted molar refractivity (Wildman–Crippen MR) is 123 cm³/mol. The molecule has 33 heavy (non-hydrogen) atoms. The average Bonchev–Trinajstić information content (AvgIpc) is 2.79. The molecule has 1 N–H and O–H groups in total. The van der Waals surface area contributed by atoms with E-state index in [1.54, 1.807) is 12.1 Å². The van der Waals surface area contributed by atoms with Gasteiger partial charge in [0.15, 0.2) is 0 Å². The number of hydrogen-bond donors (Lipinski definition) is 1. The Morgan fingerprint density at radius 3 is 1.64 bits per heavy atom. The quantitative estimate of drug-likeness (QED) is 0.461. The van der Waals surface area contributed by atoms with Crippen molar-refractivity contribution in [3.05, 3.63) is 65.2 Å². The lowest BCUT2D eigenvalue weighted by atomic mass is 9.52. The smallest absolute Gasteiger partial charge is 0.309 e. The molecule has 2 aromatic carbocycles. The van der Waals surface area contributed by atoms with Gasteiger partial charge in [-0.15, -0.1) is 0 Å².